The van der Waals surface area contributed by atoms with E-state index in [2.05, 4.69) is 0 Å². The third-order valence-corrected chi connectivity index (χ3v) is 3.32. The molecule has 0 unspecified atom stereocenters. The number of nitriles is 1. The zero-order valence-electron chi connectivity index (χ0n) is 13.1. The summed E-state index contributed by atoms with van der Waals surface area (Å²) < 4.78 is 29.8. The monoisotopic (exact) mass is 313 g/mol. The van der Waals surface area contributed by atoms with Gasteiger partial charge in [-0.3, -0.25) is 0 Å². The number of nitrogens with zero attached hydrogens (tertiary/aromatic N) is 1. The maximum atomic E-state index is 13.9. The molecule has 0 atom stereocenters. The van der Waals surface area contributed by atoms with Gasteiger partial charge < -0.3 is 14.2 Å². The molecular weight excluding hydrogens is 297 g/mol. The predicted octanol–water partition coefficient (Wildman–Crippen LogP) is 3.92. The van der Waals surface area contributed by atoms with E-state index >= 15 is 0 Å². The lowest BCUT2D eigenvalue weighted by molar-refractivity contribution is 0.324. The molecule has 2 aromatic carbocycles. The molecule has 0 aliphatic carbocycles. The molecule has 0 saturated carbocycles. The summed E-state index contributed by atoms with van der Waals surface area (Å²) in [4.78, 5) is 0. The summed E-state index contributed by atoms with van der Waals surface area (Å²) in [5, 5.41) is 9.37. The summed E-state index contributed by atoms with van der Waals surface area (Å²) in [5.74, 6) is 0.871. The molecule has 5 heteroatoms. The van der Waals surface area contributed by atoms with E-state index < -0.39 is 5.82 Å². The van der Waals surface area contributed by atoms with Gasteiger partial charge in [-0.15, -0.1) is 0 Å². The average Bonchev–Trinajstić information content (AvgIpc) is 2.59. The molecular formula is C18H16FNO3. The topological polar surface area (TPSA) is 51.5 Å². The van der Waals surface area contributed by atoms with E-state index in [0.29, 0.717) is 22.8 Å². The first-order valence-corrected chi connectivity index (χ1v) is 6.82. The van der Waals surface area contributed by atoms with Crippen molar-refractivity contribution in [2.75, 3.05) is 21.3 Å². The van der Waals surface area contributed by atoms with Crippen LogP contribution in [0.4, 0.5) is 4.39 Å². The minimum atomic E-state index is -0.459. The molecule has 0 radical (unpaired) electrons. The number of hydrogen-bond acceptors (Lipinski definition) is 4. The van der Waals surface area contributed by atoms with E-state index in [1.807, 2.05) is 6.07 Å². The Hall–Kier alpha value is -3.00. The number of hydrogen-bond donors (Lipinski definition) is 0. The van der Waals surface area contributed by atoms with Gasteiger partial charge in [0, 0.05) is 11.1 Å². The molecule has 2 rings (SSSR count). The maximum Gasteiger partial charge on any atom is 0.203 e. The smallest absolute Gasteiger partial charge is 0.203 e. The van der Waals surface area contributed by atoms with E-state index in [4.69, 9.17) is 14.2 Å². The highest BCUT2D eigenvalue weighted by molar-refractivity contribution is 5.91. The molecule has 0 aliphatic heterocycles. The van der Waals surface area contributed by atoms with Crippen LogP contribution < -0.4 is 14.2 Å². The first-order valence-electron chi connectivity index (χ1n) is 6.82. The summed E-state index contributed by atoms with van der Waals surface area (Å²) in [6.07, 6.45) is 1.55. The van der Waals surface area contributed by atoms with Gasteiger partial charge in [-0.2, -0.15) is 5.26 Å². The molecule has 23 heavy (non-hydrogen) atoms. The molecule has 0 spiro atoms. The molecule has 118 valence electrons. The molecule has 0 fully saturated rings. The summed E-state index contributed by atoms with van der Waals surface area (Å²) in [7, 11) is 4.51. The van der Waals surface area contributed by atoms with Crippen LogP contribution in [-0.2, 0) is 0 Å². The number of benzene rings is 2. The molecule has 0 N–H and O–H groups in total. The third-order valence-electron chi connectivity index (χ3n) is 3.32. The van der Waals surface area contributed by atoms with Crippen LogP contribution in [0.1, 0.15) is 11.1 Å². The van der Waals surface area contributed by atoms with Crippen molar-refractivity contribution >= 4 is 11.6 Å². The summed E-state index contributed by atoms with van der Waals surface area (Å²) >= 11 is 0. The Kier molecular flexibility index (Phi) is 5.21. The molecule has 0 bridgehead atoms. The minimum Gasteiger partial charge on any atom is -0.493 e. The van der Waals surface area contributed by atoms with Gasteiger partial charge in [-0.1, -0.05) is 18.2 Å². The molecule has 0 amide bonds. The van der Waals surface area contributed by atoms with Crippen LogP contribution in [-0.4, -0.2) is 21.3 Å². The zero-order valence-corrected chi connectivity index (χ0v) is 13.1. The van der Waals surface area contributed by atoms with Crippen LogP contribution in [0.15, 0.2) is 36.4 Å². The van der Waals surface area contributed by atoms with Crippen molar-refractivity contribution in [3.05, 3.63) is 53.3 Å². The van der Waals surface area contributed by atoms with E-state index in [-0.39, 0.29) is 11.1 Å². The Morgan fingerprint density at radius 2 is 1.70 bits per heavy atom. The van der Waals surface area contributed by atoms with Gasteiger partial charge >= 0.3 is 0 Å². The highest BCUT2D eigenvalue weighted by Crippen LogP contribution is 2.41. The van der Waals surface area contributed by atoms with E-state index in [1.165, 1.54) is 27.4 Å². The lowest BCUT2D eigenvalue weighted by Gasteiger charge is -2.14. The van der Waals surface area contributed by atoms with Crippen LogP contribution in [0.3, 0.4) is 0 Å². The van der Waals surface area contributed by atoms with Gasteiger partial charge in [0.15, 0.2) is 11.5 Å². The van der Waals surface area contributed by atoms with Gasteiger partial charge in [-0.05, 0) is 24.3 Å². The second-order valence-electron chi connectivity index (χ2n) is 4.57. The van der Waals surface area contributed by atoms with E-state index in [0.717, 1.165) is 0 Å². The normalized spacial score (nSPS) is 10.8. The van der Waals surface area contributed by atoms with Crippen molar-refractivity contribution in [3.63, 3.8) is 0 Å². The molecule has 2 aromatic rings. The van der Waals surface area contributed by atoms with Gasteiger partial charge in [0.05, 0.1) is 33.0 Å². The molecule has 0 aromatic heterocycles. The summed E-state index contributed by atoms with van der Waals surface area (Å²) in [5.41, 5.74) is 1.01. The average molecular weight is 313 g/mol. The van der Waals surface area contributed by atoms with E-state index in [1.54, 1.807) is 36.4 Å². The molecule has 0 aliphatic rings. The predicted molar refractivity (Wildman–Crippen MR) is 86.0 cm³/mol. The number of ether oxygens (including phenoxy) is 3. The Morgan fingerprint density at radius 1 is 1.00 bits per heavy atom. The highest BCUT2D eigenvalue weighted by atomic mass is 19.1. The largest absolute Gasteiger partial charge is 0.493 e. The first-order chi connectivity index (χ1) is 11.2. The number of allylic oxidation sites excluding steroid dienone is 1. The van der Waals surface area contributed by atoms with Crippen molar-refractivity contribution in [1.29, 1.82) is 5.26 Å². The van der Waals surface area contributed by atoms with Crippen LogP contribution in [0.25, 0.3) is 11.6 Å². The second-order valence-corrected chi connectivity index (χ2v) is 4.57. The van der Waals surface area contributed by atoms with Crippen molar-refractivity contribution in [3.8, 4) is 23.3 Å². The Morgan fingerprint density at radius 3 is 2.26 bits per heavy atom. The fourth-order valence-corrected chi connectivity index (χ4v) is 2.24. The third kappa shape index (κ3) is 3.27. The number of rotatable bonds is 5. The van der Waals surface area contributed by atoms with Crippen LogP contribution in [0, 0.1) is 17.1 Å². The minimum absolute atomic E-state index is 0.189. The highest BCUT2D eigenvalue weighted by Gasteiger charge is 2.16. The van der Waals surface area contributed by atoms with Gasteiger partial charge in [-0.25, -0.2) is 4.39 Å². The number of halogens is 1. The summed E-state index contributed by atoms with van der Waals surface area (Å²) in [6.45, 7) is 0. The lowest BCUT2D eigenvalue weighted by Crippen LogP contribution is -1.97. The van der Waals surface area contributed by atoms with Crippen molar-refractivity contribution in [2.45, 2.75) is 0 Å². The number of methoxy groups -OCH3 is 3. The van der Waals surface area contributed by atoms with Crippen LogP contribution in [0.2, 0.25) is 0 Å². The Labute approximate surface area is 134 Å². The summed E-state index contributed by atoms with van der Waals surface area (Å²) in [6, 6.07) is 11.6. The Bertz CT molecular complexity index is 778. The van der Waals surface area contributed by atoms with Gasteiger partial charge in [0.2, 0.25) is 5.75 Å². The van der Waals surface area contributed by atoms with E-state index in [9.17, 15) is 9.65 Å². The molecule has 0 heterocycles. The Balaban J connectivity index is 2.62. The standard InChI is InChI=1S/C18H16FNO3/c1-21-16-9-8-12(17(22-2)18(16)23-3)10-13(11-20)14-6-4-5-7-15(14)19/h4-10H,1-3H3/b13-10-. The zero-order chi connectivity index (χ0) is 16.8. The SMILES string of the molecule is COc1ccc(/C=C(/C#N)c2ccccc2F)c(OC)c1OC. The van der Waals surface area contributed by atoms with Crippen molar-refractivity contribution in [2.24, 2.45) is 0 Å². The first kappa shape index (κ1) is 16.4. The second kappa shape index (κ2) is 7.32. The lowest BCUT2D eigenvalue weighted by atomic mass is 10.0. The van der Waals surface area contributed by atoms with Crippen LogP contribution in [0.5, 0.6) is 17.2 Å². The molecule has 4 nitrogen and oxygen atoms in total. The quantitative estimate of drug-likeness (QED) is 0.620. The van der Waals surface area contributed by atoms with Crippen molar-refractivity contribution < 1.29 is 18.6 Å². The fourth-order valence-electron chi connectivity index (χ4n) is 2.24. The van der Waals surface area contributed by atoms with Crippen LogP contribution >= 0.6 is 0 Å². The van der Waals surface area contributed by atoms with Crippen molar-refractivity contribution in [1.82, 2.24) is 0 Å². The van der Waals surface area contributed by atoms with Gasteiger partial charge in [0.25, 0.3) is 0 Å². The maximum absolute atomic E-state index is 13.9. The molecule has 0 saturated heterocycles. The fraction of sp³-hybridized carbons (Fsp3) is 0.167. The van der Waals surface area contributed by atoms with Gasteiger partial charge in [0.1, 0.15) is 5.82 Å².